The third kappa shape index (κ3) is 3.84. The van der Waals surface area contributed by atoms with Crippen molar-refractivity contribution in [2.24, 2.45) is 0 Å². The normalized spacial score (nSPS) is 14.3. The highest BCUT2D eigenvalue weighted by Crippen LogP contribution is 2.28. The molecule has 0 unspecified atom stereocenters. The number of benzene rings is 1. The average Bonchev–Trinajstić information content (AvgIpc) is 3.08. The van der Waals surface area contributed by atoms with Crippen LogP contribution in [0.5, 0.6) is 11.5 Å². The van der Waals surface area contributed by atoms with E-state index < -0.39 is 15.6 Å². The molecular weight excluding hydrogens is 322 g/mol. The predicted molar refractivity (Wildman–Crippen MR) is 83.0 cm³/mol. The summed E-state index contributed by atoms with van der Waals surface area (Å²) >= 11 is 0. The number of ether oxygens (including phenoxy) is 2. The molecule has 0 aliphatic carbocycles. The van der Waals surface area contributed by atoms with E-state index in [1.165, 1.54) is 39.5 Å². The summed E-state index contributed by atoms with van der Waals surface area (Å²) in [5.41, 5.74) is -1.48. The molecule has 126 valence electrons. The Kier molecular flexibility index (Phi) is 4.98. The van der Waals surface area contributed by atoms with Crippen LogP contribution in [0, 0.1) is 0 Å². The molecule has 8 heteroatoms. The van der Waals surface area contributed by atoms with Gasteiger partial charge in [0.2, 0.25) is 10.0 Å². The molecule has 0 aliphatic heterocycles. The van der Waals surface area contributed by atoms with E-state index in [0.717, 1.165) is 0 Å². The molecule has 2 aromatic rings. The van der Waals surface area contributed by atoms with Crippen molar-refractivity contribution < 1.29 is 27.4 Å². The Morgan fingerprint density at radius 1 is 1.26 bits per heavy atom. The maximum Gasteiger partial charge on any atom is 0.244 e. The van der Waals surface area contributed by atoms with E-state index in [1.54, 1.807) is 18.2 Å². The number of nitrogens with one attached hydrogen (secondary N) is 1. The Hall–Kier alpha value is -2.03. The summed E-state index contributed by atoms with van der Waals surface area (Å²) in [4.78, 5) is -0.0744. The summed E-state index contributed by atoms with van der Waals surface area (Å²) in [7, 11) is -1.10. The van der Waals surface area contributed by atoms with E-state index in [2.05, 4.69) is 4.72 Å². The van der Waals surface area contributed by atoms with Crippen LogP contribution in [-0.4, -0.2) is 34.3 Å². The zero-order valence-electron chi connectivity index (χ0n) is 13.1. The second-order valence-corrected chi connectivity index (χ2v) is 6.83. The highest BCUT2D eigenvalue weighted by atomic mass is 32.2. The lowest BCUT2D eigenvalue weighted by Gasteiger charge is -2.21. The van der Waals surface area contributed by atoms with Crippen LogP contribution >= 0.6 is 0 Å². The third-order valence-electron chi connectivity index (χ3n) is 3.32. The van der Waals surface area contributed by atoms with Crippen molar-refractivity contribution in [3.63, 3.8) is 0 Å². The van der Waals surface area contributed by atoms with Gasteiger partial charge in [-0.3, -0.25) is 0 Å². The molecule has 0 amide bonds. The summed E-state index contributed by atoms with van der Waals surface area (Å²) < 4.78 is 42.6. The lowest BCUT2D eigenvalue weighted by molar-refractivity contribution is 0.0395. The summed E-state index contributed by atoms with van der Waals surface area (Å²) in [6.07, 6.45) is 1.41. The van der Waals surface area contributed by atoms with Gasteiger partial charge in [0, 0.05) is 12.6 Å². The van der Waals surface area contributed by atoms with Crippen molar-refractivity contribution in [2.45, 2.75) is 17.4 Å². The largest absolute Gasteiger partial charge is 0.497 e. The number of hydrogen-bond donors (Lipinski definition) is 2. The molecule has 23 heavy (non-hydrogen) atoms. The molecule has 0 aliphatic rings. The number of sulfonamides is 1. The summed E-state index contributed by atoms with van der Waals surface area (Å²) in [6.45, 7) is 1.19. The maximum atomic E-state index is 12.5. The highest BCUT2D eigenvalue weighted by molar-refractivity contribution is 7.89. The predicted octanol–water partition coefficient (Wildman–Crippen LogP) is 1.48. The van der Waals surface area contributed by atoms with Crippen LogP contribution in [0.3, 0.4) is 0 Å². The van der Waals surface area contributed by atoms with Gasteiger partial charge in [-0.15, -0.1) is 0 Å². The fourth-order valence-corrected chi connectivity index (χ4v) is 3.29. The summed E-state index contributed by atoms with van der Waals surface area (Å²) in [5, 5.41) is 10.3. The lowest BCUT2D eigenvalue weighted by atomic mass is 10.1. The number of methoxy groups -OCH3 is 2. The lowest BCUT2D eigenvalue weighted by Crippen LogP contribution is -2.38. The van der Waals surface area contributed by atoms with Crippen LogP contribution in [0.4, 0.5) is 0 Å². The molecule has 1 heterocycles. The van der Waals surface area contributed by atoms with E-state index in [1.807, 2.05) is 0 Å². The average molecular weight is 341 g/mol. The molecule has 0 radical (unpaired) electrons. The van der Waals surface area contributed by atoms with Crippen molar-refractivity contribution in [3.8, 4) is 11.5 Å². The van der Waals surface area contributed by atoms with Crippen molar-refractivity contribution in [3.05, 3.63) is 42.4 Å². The van der Waals surface area contributed by atoms with Crippen LogP contribution in [0.15, 0.2) is 45.9 Å². The first kappa shape index (κ1) is 17.3. The van der Waals surface area contributed by atoms with Crippen molar-refractivity contribution in [1.82, 2.24) is 4.72 Å². The first-order valence-electron chi connectivity index (χ1n) is 6.78. The second-order valence-electron chi connectivity index (χ2n) is 5.09. The van der Waals surface area contributed by atoms with E-state index >= 15 is 0 Å². The Balaban J connectivity index is 2.25. The molecule has 0 saturated carbocycles. The number of aliphatic hydroxyl groups is 1. The number of rotatable bonds is 7. The minimum Gasteiger partial charge on any atom is -0.497 e. The van der Waals surface area contributed by atoms with Gasteiger partial charge in [-0.1, -0.05) is 0 Å². The Morgan fingerprint density at radius 3 is 2.57 bits per heavy atom. The van der Waals surface area contributed by atoms with Gasteiger partial charge in [-0.2, -0.15) is 0 Å². The minimum atomic E-state index is -3.92. The molecule has 2 N–H and O–H groups in total. The standard InChI is InChI=1S/C15H19NO6S/c1-15(17,14-5-4-8-22-14)10-16-23(18,19)13-9-11(20-2)6-7-12(13)21-3/h4-9,16-17H,10H2,1-3H3/t15-/m1/s1. The Labute approximate surface area is 134 Å². The minimum absolute atomic E-state index is 0.0744. The first-order chi connectivity index (χ1) is 10.8. The van der Waals surface area contributed by atoms with Crippen molar-refractivity contribution in [2.75, 3.05) is 20.8 Å². The summed E-state index contributed by atoms with van der Waals surface area (Å²) in [6, 6.07) is 7.63. The van der Waals surface area contributed by atoms with Gasteiger partial charge in [0.15, 0.2) is 0 Å². The molecule has 1 aromatic carbocycles. The molecule has 2 rings (SSSR count). The fourth-order valence-electron chi connectivity index (χ4n) is 1.98. The molecule has 0 spiro atoms. The first-order valence-corrected chi connectivity index (χ1v) is 8.26. The van der Waals surface area contributed by atoms with Gasteiger partial charge in [0.1, 0.15) is 27.8 Å². The van der Waals surface area contributed by atoms with Crippen molar-refractivity contribution in [1.29, 1.82) is 0 Å². The monoisotopic (exact) mass is 341 g/mol. The smallest absolute Gasteiger partial charge is 0.244 e. The molecule has 0 fully saturated rings. The molecule has 0 saturated heterocycles. The Morgan fingerprint density at radius 2 is 2.00 bits per heavy atom. The molecule has 1 atom stereocenters. The van der Waals surface area contributed by atoms with E-state index in [9.17, 15) is 13.5 Å². The highest BCUT2D eigenvalue weighted by Gasteiger charge is 2.30. The molecule has 7 nitrogen and oxygen atoms in total. The van der Waals surface area contributed by atoms with E-state index in [4.69, 9.17) is 13.9 Å². The number of furan rings is 1. The molecule has 0 bridgehead atoms. The van der Waals surface area contributed by atoms with Gasteiger partial charge in [0.05, 0.1) is 20.5 Å². The fraction of sp³-hybridized carbons (Fsp3) is 0.333. The SMILES string of the molecule is COc1ccc(OC)c(S(=O)(=O)NC[C@@](C)(O)c2ccco2)c1. The molecular formula is C15H19NO6S. The summed E-state index contributed by atoms with van der Waals surface area (Å²) in [5.74, 6) is 0.817. The third-order valence-corrected chi connectivity index (χ3v) is 4.74. The topological polar surface area (TPSA) is 98.0 Å². The van der Waals surface area contributed by atoms with Crippen LogP contribution in [0.2, 0.25) is 0 Å². The van der Waals surface area contributed by atoms with E-state index in [0.29, 0.717) is 5.75 Å². The zero-order valence-corrected chi connectivity index (χ0v) is 13.9. The van der Waals surface area contributed by atoms with Crippen LogP contribution in [-0.2, 0) is 15.6 Å². The zero-order chi connectivity index (χ0) is 17.1. The van der Waals surface area contributed by atoms with Gasteiger partial charge < -0.3 is 19.0 Å². The van der Waals surface area contributed by atoms with Gasteiger partial charge in [-0.25, -0.2) is 13.1 Å². The second kappa shape index (κ2) is 6.61. The van der Waals surface area contributed by atoms with E-state index in [-0.39, 0.29) is 22.9 Å². The quantitative estimate of drug-likeness (QED) is 0.792. The van der Waals surface area contributed by atoms with Crippen molar-refractivity contribution >= 4 is 10.0 Å². The van der Waals surface area contributed by atoms with Crippen LogP contribution in [0.1, 0.15) is 12.7 Å². The van der Waals surface area contributed by atoms with Crippen LogP contribution in [0.25, 0.3) is 0 Å². The van der Waals surface area contributed by atoms with Gasteiger partial charge >= 0.3 is 0 Å². The number of hydrogen-bond acceptors (Lipinski definition) is 6. The Bertz CT molecular complexity index is 752. The van der Waals surface area contributed by atoms with Gasteiger partial charge in [-0.05, 0) is 31.2 Å². The van der Waals surface area contributed by atoms with Gasteiger partial charge in [0.25, 0.3) is 0 Å². The van der Waals surface area contributed by atoms with Crippen LogP contribution < -0.4 is 14.2 Å². The molecule has 1 aromatic heterocycles. The maximum absolute atomic E-state index is 12.5.